The van der Waals surface area contributed by atoms with E-state index in [9.17, 15) is 4.79 Å². The monoisotopic (exact) mass is 260 g/mol. The zero-order chi connectivity index (χ0) is 13.7. The summed E-state index contributed by atoms with van der Waals surface area (Å²) in [5.74, 6) is 0.274. The largest absolute Gasteiger partial charge is 0.326 e. The zero-order valence-corrected chi connectivity index (χ0v) is 11.8. The van der Waals surface area contributed by atoms with Gasteiger partial charge in [-0.2, -0.15) is 0 Å². The number of nitrogens with zero attached hydrogens (tertiary/aromatic N) is 1. The van der Waals surface area contributed by atoms with Gasteiger partial charge in [0.2, 0.25) is 5.91 Å². The van der Waals surface area contributed by atoms with Crippen LogP contribution in [0.2, 0.25) is 0 Å². The third kappa shape index (κ3) is 3.80. The molecule has 0 atom stereocenters. The lowest BCUT2D eigenvalue weighted by Crippen LogP contribution is -2.32. The van der Waals surface area contributed by atoms with Gasteiger partial charge in [-0.1, -0.05) is 31.9 Å². The quantitative estimate of drug-likeness (QED) is 0.765. The molecule has 1 aliphatic rings. The van der Waals surface area contributed by atoms with Crippen LogP contribution < -0.4 is 10.6 Å². The van der Waals surface area contributed by atoms with Crippen LogP contribution in [0.3, 0.4) is 0 Å². The molecule has 0 spiro atoms. The predicted molar refractivity (Wildman–Crippen MR) is 79.0 cm³/mol. The number of amides is 1. The van der Waals surface area contributed by atoms with E-state index in [1.807, 2.05) is 29.2 Å². The first-order valence-electron chi connectivity index (χ1n) is 7.37. The molecule has 1 amide bonds. The molecule has 0 radical (unpaired) electrons. The Balaban J connectivity index is 2.04. The summed E-state index contributed by atoms with van der Waals surface area (Å²) >= 11 is 0. The van der Waals surface area contributed by atoms with Gasteiger partial charge < -0.3 is 10.6 Å². The Hall–Kier alpha value is -1.35. The molecule has 1 aromatic rings. The lowest BCUT2D eigenvalue weighted by Gasteiger charge is -2.23. The van der Waals surface area contributed by atoms with Gasteiger partial charge in [0.15, 0.2) is 0 Å². The van der Waals surface area contributed by atoms with E-state index in [1.54, 1.807) is 0 Å². The average molecular weight is 260 g/mol. The van der Waals surface area contributed by atoms with Gasteiger partial charge in [0.1, 0.15) is 0 Å². The van der Waals surface area contributed by atoms with Gasteiger partial charge in [0.25, 0.3) is 0 Å². The molecular weight excluding hydrogens is 236 g/mol. The molecule has 2 N–H and O–H groups in total. The van der Waals surface area contributed by atoms with E-state index in [0.717, 1.165) is 43.4 Å². The maximum atomic E-state index is 12.4. The van der Waals surface area contributed by atoms with E-state index in [0.29, 0.717) is 19.0 Å². The molecular formula is C16H24N2O. The Bertz CT molecular complexity index is 409. The number of carbonyl (C=O) groups excluding carboxylic acids is 1. The first-order valence-corrected chi connectivity index (χ1v) is 7.37. The number of nitrogens with two attached hydrogens (primary N) is 1. The van der Waals surface area contributed by atoms with Gasteiger partial charge >= 0.3 is 0 Å². The summed E-state index contributed by atoms with van der Waals surface area (Å²) < 4.78 is 0. The summed E-state index contributed by atoms with van der Waals surface area (Å²) in [4.78, 5) is 14.4. The second-order valence-electron chi connectivity index (χ2n) is 5.32. The molecule has 1 fully saturated rings. The van der Waals surface area contributed by atoms with Crippen LogP contribution in [0, 0.1) is 0 Å². The number of benzene rings is 1. The lowest BCUT2D eigenvalue weighted by molar-refractivity contribution is -0.118. The van der Waals surface area contributed by atoms with Crippen LogP contribution in [0.1, 0.15) is 51.0 Å². The number of rotatable bonds is 7. The molecule has 3 nitrogen and oxygen atoms in total. The average Bonchev–Trinajstić information content (AvgIpc) is 3.25. The fourth-order valence-electron chi connectivity index (χ4n) is 2.33. The molecule has 104 valence electrons. The highest BCUT2D eigenvalue weighted by Gasteiger charge is 2.33. The van der Waals surface area contributed by atoms with Crippen LogP contribution in [0.15, 0.2) is 24.3 Å². The number of carbonyl (C=O) groups is 1. The summed E-state index contributed by atoms with van der Waals surface area (Å²) in [6.07, 6.45) is 6.23. The van der Waals surface area contributed by atoms with Gasteiger partial charge in [-0.25, -0.2) is 0 Å². The second kappa shape index (κ2) is 6.71. The van der Waals surface area contributed by atoms with Crippen LogP contribution >= 0.6 is 0 Å². The summed E-state index contributed by atoms with van der Waals surface area (Å²) in [5, 5.41) is 0. The van der Waals surface area contributed by atoms with Crippen LogP contribution in [0.5, 0.6) is 0 Å². The van der Waals surface area contributed by atoms with E-state index in [4.69, 9.17) is 5.73 Å². The number of unbranched alkanes of at least 4 members (excludes halogenated alkanes) is 2. The molecule has 0 saturated heterocycles. The number of anilines is 1. The van der Waals surface area contributed by atoms with Gasteiger partial charge in [-0.15, -0.1) is 0 Å². The highest BCUT2D eigenvalue weighted by molar-refractivity contribution is 5.94. The smallest absolute Gasteiger partial charge is 0.227 e. The van der Waals surface area contributed by atoms with Crippen molar-refractivity contribution in [2.24, 2.45) is 5.73 Å². The second-order valence-corrected chi connectivity index (χ2v) is 5.32. The fourth-order valence-corrected chi connectivity index (χ4v) is 2.33. The Morgan fingerprint density at radius 1 is 1.26 bits per heavy atom. The predicted octanol–water partition coefficient (Wildman–Crippen LogP) is 3.22. The third-order valence-electron chi connectivity index (χ3n) is 3.63. The molecule has 1 saturated carbocycles. The van der Waals surface area contributed by atoms with Crippen molar-refractivity contribution in [2.75, 3.05) is 4.90 Å². The highest BCUT2D eigenvalue weighted by atomic mass is 16.2. The van der Waals surface area contributed by atoms with Crippen molar-refractivity contribution in [1.82, 2.24) is 0 Å². The van der Waals surface area contributed by atoms with Crippen molar-refractivity contribution in [3.05, 3.63) is 29.8 Å². The lowest BCUT2D eigenvalue weighted by atomic mass is 10.1. The number of hydrogen-bond donors (Lipinski definition) is 1. The van der Waals surface area contributed by atoms with Crippen molar-refractivity contribution in [2.45, 2.75) is 58.0 Å². The van der Waals surface area contributed by atoms with Crippen molar-refractivity contribution >= 4 is 11.6 Å². The number of hydrogen-bond acceptors (Lipinski definition) is 2. The van der Waals surface area contributed by atoms with Gasteiger partial charge in [-0.05, 0) is 37.0 Å². The van der Waals surface area contributed by atoms with Crippen molar-refractivity contribution in [3.63, 3.8) is 0 Å². The van der Waals surface area contributed by atoms with Gasteiger partial charge in [0, 0.05) is 24.7 Å². The summed E-state index contributed by atoms with van der Waals surface area (Å²) in [7, 11) is 0. The zero-order valence-electron chi connectivity index (χ0n) is 11.8. The Kier molecular flexibility index (Phi) is 4.97. The molecule has 2 rings (SSSR count). The molecule has 1 aromatic carbocycles. The van der Waals surface area contributed by atoms with Gasteiger partial charge in [0.05, 0.1) is 0 Å². The van der Waals surface area contributed by atoms with E-state index in [-0.39, 0.29) is 5.91 Å². The topological polar surface area (TPSA) is 46.3 Å². The summed E-state index contributed by atoms with van der Waals surface area (Å²) in [5.41, 5.74) is 7.75. The first-order chi connectivity index (χ1) is 9.26. The van der Waals surface area contributed by atoms with Crippen LogP contribution in [-0.2, 0) is 11.3 Å². The van der Waals surface area contributed by atoms with E-state index < -0.39 is 0 Å². The molecule has 1 aliphatic carbocycles. The Morgan fingerprint density at radius 2 is 1.95 bits per heavy atom. The van der Waals surface area contributed by atoms with Crippen LogP contribution in [-0.4, -0.2) is 11.9 Å². The maximum Gasteiger partial charge on any atom is 0.227 e. The van der Waals surface area contributed by atoms with Gasteiger partial charge in [-0.3, -0.25) is 4.79 Å². The maximum absolute atomic E-state index is 12.4. The van der Waals surface area contributed by atoms with Crippen LogP contribution in [0.25, 0.3) is 0 Å². The molecule has 0 bridgehead atoms. The molecule has 19 heavy (non-hydrogen) atoms. The molecule has 0 aromatic heterocycles. The SMILES string of the molecule is CCCCCC(=O)N(c1ccc(CN)cc1)C1CC1. The van der Waals surface area contributed by atoms with E-state index >= 15 is 0 Å². The normalized spacial score (nSPS) is 14.4. The Morgan fingerprint density at radius 3 is 2.47 bits per heavy atom. The van der Waals surface area contributed by atoms with E-state index in [1.165, 1.54) is 0 Å². The molecule has 3 heteroatoms. The first kappa shape index (κ1) is 14.1. The molecule has 0 aliphatic heterocycles. The van der Waals surface area contributed by atoms with E-state index in [2.05, 4.69) is 6.92 Å². The van der Waals surface area contributed by atoms with Crippen LogP contribution in [0.4, 0.5) is 5.69 Å². The summed E-state index contributed by atoms with van der Waals surface area (Å²) in [6, 6.07) is 8.52. The van der Waals surface area contributed by atoms with Crippen molar-refractivity contribution in [3.8, 4) is 0 Å². The minimum absolute atomic E-state index is 0.274. The Labute approximate surface area is 115 Å². The minimum atomic E-state index is 0.274. The standard InChI is InChI=1S/C16H24N2O/c1-2-3-4-5-16(19)18(15-10-11-15)14-8-6-13(12-17)7-9-14/h6-9,15H,2-5,10-12,17H2,1H3. The van der Waals surface area contributed by atoms with Crippen molar-refractivity contribution < 1.29 is 4.79 Å². The third-order valence-corrected chi connectivity index (χ3v) is 3.63. The highest BCUT2D eigenvalue weighted by Crippen LogP contribution is 2.32. The minimum Gasteiger partial charge on any atom is -0.326 e. The fraction of sp³-hybridized carbons (Fsp3) is 0.562. The summed E-state index contributed by atoms with van der Waals surface area (Å²) in [6.45, 7) is 2.71. The molecule has 0 unspecified atom stereocenters. The van der Waals surface area contributed by atoms with Crippen molar-refractivity contribution in [1.29, 1.82) is 0 Å². The molecule has 0 heterocycles.